The number of para-hydroxylation sites is 2. The summed E-state index contributed by atoms with van der Waals surface area (Å²) < 4.78 is 11.5. The van der Waals surface area contributed by atoms with Gasteiger partial charge < -0.3 is 24.6 Å². The van der Waals surface area contributed by atoms with Gasteiger partial charge in [-0.1, -0.05) is 12.1 Å². The summed E-state index contributed by atoms with van der Waals surface area (Å²) in [7, 11) is 0. The monoisotopic (exact) mass is 388 g/mol. The fourth-order valence-corrected chi connectivity index (χ4v) is 3.91. The van der Waals surface area contributed by atoms with Gasteiger partial charge in [0.1, 0.15) is 6.61 Å². The molecule has 8 heteroatoms. The van der Waals surface area contributed by atoms with E-state index in [0.717, 1.165) is 19.6 Å². The van der Waals surface area contributed by atoms with E-state index < -0.39 is 6.10 Å². The maximum atomic E-state index is 12.8. The van der Waals surface area contributed by atoms with Crippen LogP contribution >= 0.6 is 0 Å². The zero-order valence-corrected chi connectivity index (χ0v) is 16.3. The summed E-state index contributed by atoms with van der Waals surface area (Å²) in [5.74, 6) is 1.35. The summed E-state index contributed by atoms with van der Waals surface area (Å²) in [6, 6.07) is 7.75. The lowest BCUT2D eigenvalue weighted by atomic mass is 10.2. The third-order valence-corrected chi connectivity index (χ3v) is 5.71. The zero-order chi connectivity index (χ0) is 19.5. The van der Waals surface area contributed by atoms with E-state index in [1.165, 1.54) is 0 Å². The SMILES string of the molecule is C[C@@H]1CNCCN1CC(=O)N1CCN(C(=O)C2COc3ccccc3O2)CC1. The van der Waals surface area contributed by atoms with Gasteiger partial charge >= 0.3 is 0 Å². The maximum absolute atomic E-state index is 12.8. The molecule has 0 aromatic heterocycles. The van der Waals surface area contributed by atoms with Crippen LogP contribution in [0.15, 0.2) is 24.3 Å². The second-order valence-electron chi connectivity index (χ2n) is 7.59. The molecule has 3 aliphatic heterocycles. The van der Waals surface area contributed by atoms with Crippen LogP contribution in [0.2, 0.25) is 0 Å². The molecule has 0 radical (unpaired) electrons. The third kappa shape index (κ3) is 4.07. The highest BCUT2D eigenvalue weighted by molar-refractivity contribution is 5.83. The largest absolute Gasteiger partial charge is 0.485 e. The summed E-state index contributed by atoms with van der Waals surface area (Å²) in [6.45, 7) is 7.74. The van der Waals surface area contributed by atoms with E-state index in [0.29, 0.717) is 50.3 Å². The van der Waals surface area contributed by atoms with Gasteiger partial charge in [-0.15, -0.1) is 0 Å². The van der Waals surface area contributed by atoms with Crippen molar-refractivity contribution in [1.82, 2.24) is 20.0 Å². The molecule has 2 amide bonds. The predicted octanol–water partition coefficient (Wildman–Crippen LogP) is -0.209. The first-order valence-electron chi connectivity index (χ1n) is 10.0. The number of piperazine rings is 2. The highest BCUT2D eigenvalue weighted by Gasteiger charge is 2.33. The van der Waals surface area contributed by atoms with Gasteiger partial charge in [0.15, 0.2) is 11.5 Å². The first kappa shape index (κ1) is 19.0. The highest BCUT2D eigenvalue weighted by atomic mass is 16.6. The van der Waals surface area contributed by atoms with Crippen LogP contribution in [0, 0.1) is 0 Å². The summed E-state index contributed by atoms with van der Waals surface area (Å²) >= 11 is 0. The van der Waals surface area contributed by atoms with E-state index >= 15 is 0 Å². The fraction of sp³-hybridized carbons (Fsp3) is 0.600. The molecule has 3 heterocycles. The van der Waals surface area contributed by atoms with Gasteiger partial charge in [-0.05, 0) is 19.1 Å². The van der Waals surface area contributed by atoms with Gasteiger partial charge in [0.05, 0.1) is 6.54 Å². The Morgan fingerprint density at radius 1 is 1.07 bits per heavy atom. The van der Waals surface area contributed by atoms with E-state index in [1.807, 2.05) is 29.2 Å². The molecule has 4 rings (SSSR count). The van der Waals surface area contributed by atoms with Crippen LogP contribution in [0.5, 0.6) is 11.5 Å². The predicted molar refractivity (Wildman–Crippen MR) is 103 cm³/mol. The van der Waals surface area contributed by atoms with Crippen molar-refractivity contribution in [2.75, 3.05) is 59.0 Å². The second-order valence-corrected chi connectivity index (χ2v) is 7.59. The van der Waals surface area contributed by atoms with Gasteiger partial charge in [-0.25, -0.2) is 0 Å². The first-order valence-corrected chi connectivity index (χ1v) is 10.0. The number of benzene rings is 1. The average Bonchev–Trinajstić information content (AvgIpc) is 2.74. The number of hydrogen-bond acceptors (Lipinski definition) is 6. The van der Waals surface area contributed by atoms with E-state index in [-0.39, 0.29) is 18.4 Å². The Labute approximate surface area is 165 Å². The van der Waals surface area contributed by atoms with Crippen LogP contribution in [0.1, 0.15) is 6.92 Å². The lowest BCUT2D eigenvalue weighted by Crippen LogP contribution is -2.57. The molecule has 3 aliphatic rings. The Morgan fingerprint density at radius 2 is 1.79 bits per heavy atom. The number of rotatable bonds is 3. The second kappa shape index (κ2) is 8.36. The van der Waals surface area contributed by atoms with Crippen LogP contribution in [0.25, 0.3) is 0 Å². The number of fused-ring (bicyclic) bond motifs is 1. The summed E-state index contributed by atoms with van der Waals surface area (Å²) in [5, 5.41) is 3.34. The van der Waals surface area contributed by atoms with E-state index in [1.54, 1.807) is 4.90 Å². The smallest absolute Gasteiger partial charge is 0.267 e. The Hall–Kier alpha value is -2.32. The molecule has 2 atom stereocenters. The lowest BCUT2D eigenvalue weighted by Gasteiger charge is -2.39. The minimum atomic E-state index is -0.626. The number of hydrogen-bond donors (Lipinski definition) is 1. The van der Waals surface area contributed by atoms with Gasteiger partial charge in [-0.3, -0.25) is 14.5 Å². The van der Waals surface area contributed by atoms with Crippen LogP contribution < -0.4 is 14.8 Å². The van der Waals surface area contributed by atoms with E-state index in [9.17, 15) is 9.59 Å². The molecule has 2 saturated heterocycles. The Morgan fingerprint density at radius 3 is 2.54 bits per heavy atom. The zero-order valence-electron chi connectivity index (χ0n) is 16.3. The van der Waals surface area contributed by atoms with Crippen LogP contribution in [0.4, 0.5) is 0 Å². The molecule has 28 heavy (non-hydrogen) atoms. The first-order chi connectivity index (χ1) is 13.6. The van der Waals surface area contributed by atoms with Gasteiger partial charge in [0, 0.05) is 51.9 Å². The number of ether oxygens (including phenoxy) is 2. The molecule has 1 unspecified atom stereocenters. The number of nitrogens with one attached hydrogen (secondary N) is 1. The van der Waals surface area contributed by atoms with Crippen molar-refractivity contribution < 1.29 is 19.1 Å². The van der Waals surface area contributed by atoms with Crippen molar-refractivity contribution >= 4 is 11.8 Å². The number of amides is 2. The molecule has 1 N–H and O–H groups in total. The molecule has 0 aliphatic carbocycles. The summed E-state index contributed by atoms with van der Waals surface area (Å²) in [6.07, 6.45) is -0.626. The molecule has 1 aromatic carbocycles. The Kier molecular flexibility index (Phi) is 5.68. The third-order valence-electron chi connectivity index (χ3n) is 5.71. The van der Waals surface area contributed by atoms with Crippen LogP contribution in [0.3, 0.4) is 0 Å². The molecule has 1 aromatic rings. The van der Waals surface area contributed by atoms with Crippen molar-refractivity contribution in [2.45, 2.75) is 19.1 Å². The maximum Gasteiger partial charge on any atom is 0.267 e. The fourth-order valence-electron chi connectivity index (χ4n) is 3.91. The number of carbonyl (C=O) groups is 2. The van der Waals surface area contributed by atoms with Gasteiger partial charge in [-0.2, -0.15) is 0 Å². The minimum Gasteiger partial charge on any atom is -0.485 e. The van der Waals surface area contributed by atoms with Crippen LogP contribution in [-0.2, 0) is 9.59 Å². The quantitative estimate of drug-likeness (QED) is 0.773. The standard InChI is InChI=1S/C20H28N4O4/c1-15-12-21-6-7-24(15)13-19(25)22-8-10-23(11-9-22)20(26)18-14-27-16-4-2-3-5-17(16)28-18/h2-5,15,18,21H,6-14H2,1H3/t15-,18?/m1/s1. The molecule has 152 valence electrons. The topological polar surface area (TPSA) is 74.4 Å². The number of carbonyl (C=O) groups excluding carboxylic acids is 2. The molecular formula is C20H28N4O4. The van der Waals surface area contributed by atoms with E-state index in [4.69, 9.17) is 9.47 Å². The molecule has 2 fully saturated rings. The van der Waals surface area contributed by atoms with Crippen molar-refractivity contribution in [3.8, 4) is 11.5 Å². The van der Waals surface area contributed by atoms with Crippen molar-refractivity contribution in [3.63, 3.8) is 0 Å². The summed E-state index contributed by atoms with van der Waals surface area (Å²) in [5.41, 5.74) is 0. The molecule has 0 spiro atoms. The molecule has 8 nitrogen and oxygen atoms in total. The van der Waals surface area contributed by atoms with Crippen molar-refractivity contribution in [1.29, 1.82) is 0 Å². The minimum absolute atomic E-state index is 0.0719. The molecule has 0 bridgehead atoms. The molecule has 0 saturated carbocycles. The van der Waals surface area contributed by atoms with Gasteiger partial charge in [0.2, 0.25) is 12.0 Å². The average molecular weight is 388 g/mol. The Balaban J connectivity index is 1.27. The van der Waals surface area contributed by atoms with Crippen LogP contribution in [-0.4, -0.2) is 97.6 Å². The van der Waals surface area contributed by atoms with Crippen molar-refractivity contribution in [3.05, 3.63) is 24.3 Å². The van der Waals surface area contributed by atoms with Gasteiger partial charge in [0.25, 0.3) is 5.91 Å². The normalized spacial score (nSPS) is 25.5. The number of nitrogens with zero attached hydrogens (tertiary/aromatic N) is 3. The van der Waals surface area contributed by atoms with Crippen molar-refractivity contribution in [2.24, 2.45) is 0 Å². The molecular weight excluding hydrogens is 360 g/mol. The Bertz CT molecular complexity index is 720. The highest BCUT2D eigenvalue weighted by Crippen LogP contribution is 2.31. The van der Waals surface area contributed by atoms with E-state index in [2.05, 4.69) is 17.1 Å². The summed E-state index contributed by atoms with van der Waals surface area (Å²) in [4.78, 5) is 31.3. The lowest BCUT2D eigenvalue weighted by molar-refractivity contribution is -0.146.